The van der Waals surface area contributed by atoms with Gasteiger partial charge in [0.2, 0.25) is 0 Å². The van der Waals surface area contributed by atoms with E-state index in [2.05, 4.69) is 6.92 Å². The minimum Gasteiger partial charge on any atom is -0.469 e. The molecule has 0 radical (unpaired) electrons. The van der Waals surface area contributed by atoms with Crippen LogP contribution in [0.15, 0.2) is 24.3 Å². The number of ether oxygens (including phenoxy) is 1. The van der Waals surface area contributed by atoms with E-state index in [1.54, 1.807) is 36.1 Å². The van der Waals surface area contributed by atoms with Crippen molar-refractivity contribution in [3.05, 3.63) is 34.9 Å². The number of halogens is 1. The van der Waals surface area contributed by atoms with Gasteiger partial charge in [-0.3, -0.25) is 9.59 Å². The average Bonchev–Trinajstić information content (AvgIpc) is 2.50. The summed E-state index contributed by atoms with van der Waals surface area (Å²) in [5.41, 5.74) is 0.465. The number of methoxy groups -OCH3 is 1. The van der Waals surface area contributed by atoms with Crippen molar-refractivity contribution in [3.8, 4) is 0 Å². The maximum Gasteiger partial charge on any atom is 0.310 e. The lowest BCUT2D eigenvalue weighted by atomic mass is 10.1. The van der Waals surface area contributed by atoms with Crippen LogP contribution < -0.4 is 0 Å². The van der Waals surface area contributed by atoms with Crippen LogP contribution in [0.2, 0.25) is 5.02 Å². The Morgan fingerprint density at radius 2 is 2.00 bits per heavy atom. The normalized spacial score (nSPS) is 11.8. The first-order valence-electron chi connectivity index (χ1n) is 7.12. The lowest BCUT2D eigenvalue weighted by Gasteiger charge is -2.25. The molecule has 0 aromatic heterocycles. The standard InChI is InChI=1S/C16H22ClNO3/c1-4-5-10-18(11-12(2)16(20)21-3)15(19)13-8-6-7-9-14(13)17/h6-9,12H,4-5,10-11H2,1-3H3. The van der Waals surface area contributed by atoms with Crippen LogP contribution in [0.3, 0.4) is 0 Å². The number of hydrogen-bond acceptors (Lipinski definition) is 3. The zero-order valence-electron chi connectivity index (χ0n) is 12.8. The molecule has 0 aliphatic carbocycles. The fourth-order valence-electron chi connectivity index (χ4n) is 2.04. The van der Waals surface area contributed by atoms with Gasteiger partial charge < -0.3 is 9.64 Å². The second kappa shape index (κ2) is 8.67. The van der Waals surface area contributed by atoms with E-state index in [-0.39, 0.29) is 17.8 Å². The van der Waals surface area contributed by atoms with Gasteiger partial charge in [0.1, 0.15) is 0 Å². The van der Waals surface area contributed by atoms with Crippen LogP contribution in [0.5, 0.6) is 0 Å². The minimum atomic E-state index is -0.363. The molecule has 116 valence electrons. The van der Waals surface area contributed by atoms with E-state index < -0.39 is 0 Å². The molecule has 1 unspecified atom stereocenters. The molecule has 0 bridgehead atoms. The van der Waals surface area contributed by atoms with E-state index in [1.165, 1.54) is 7.11 Å². The summed E-state index contributed by atoms with van der Waals surface area (Å²) in [4.78, 5) is 25.8. The number of nitrogens with zero attached hydrogens (tertiary/aromatic N) is 1. The van der Waals surface area contributed by atoms with E-state index in [0.29, 0.717) is 23.7 Å². The number of esters is 1. The van der Waals surface area contributed by atoms with Gasteiger partial charge >= 0.3 is 5.97 Å². The number of carbonyl (C=O) groups excluding carboxylic acids is 2. The molecule has 1 aromatic rings. The molecule has 0 saturated carbocycles. The van der Waals surface area contributed by atoms with Crippen molar-refractivity contribution >= 4 is 23.5 Å². The fourth-order valence-corrected chi connectivity index (χ4v) is 2.25. The van der Waals surface area contributed by atoms with Crippen LogP contribution in [0.25, 0.3) is 0 Å². The van der Waals surface area contributed by atoms with Gasteiger partial charge in [-0.2, -0.15) is 0 Å². The molecule has 1 rings (SSSR count). The van der Waals surface area contributed by atoms with Gasteiger partial charge in [-0.1, -0.05) is 44.0 Å². The van der Waals surface area contributed by atoms with Crippen LogP contribution in [0.1, 0.15) is 37.0 Å². The molecular weight excluding hydrogens is 290 g/mol. The number of benzene rings is 1. The van der Waals surface area contributed by atoms with Gasteiger partial charge in [0.25, 0.3) is 5.91 Å². The highest BCUT2D eigenvalue weighted by Gasteiger charge is 2.23. The van der Waals surface area contributed by atoms with Crippen molar-refractivity contribution in [2.24, 2.45) is 5.92 Å². The van der Waals surface area contributed by atoms with Gasteiger partial charge in [0, 0.05) is 13.1 Å². The van der Waals surface area contributed by atoms with Gasteiger partial charge in [0.05, 0.1) is 23.6 Å². The fraction of sp³-hybridized carbons (Fsp3) is 0.500. The molecule has 1 amide bonds. The third kappa shape index (κ3) is 5.05. The smallest absolute Gasteiger partial charge is 0.310 e. The second-order valence-electron chi connectivity index (χ2n) is 5.01. The molecule has 0 spiro atoms. The molecule has 0 aliphatic rings. The molecule has 0 aliphatic heterocycles. The summed E-state index contributed by atoms with van der Waals surface area (Å²) in [6.07, 6.45) is 1.85. The summed E-state index contributed by atoms with van der Waals surface area (Å²) in [6.45, 7) is 4.74. The van der Waals surface area contributed by atoms with Crippen LogP contribution in [-0.2, 0) is 9.53 Å². The van der Waals surface area contributed by atoms with Crippen molar-refractivity contribution < 1.29 is 14.3 Å². The Morgan fingerprint density at radius 3 is 2.57 bits per heavy atom. The van der Waals surface area contributed by atoms with Crippen LogP contribution >= 0.6 is 11.6 Å². The second-order valence-corrected chi connectivity index (χ2v) is 5.42. The Hall–Kier alpha value is -1.55. The molecule has 0 N–H and O–H groups in total. The van der Waals surface area contributed by atoms with Crippen LogP contribution in [0.4, 0.5) is 0 Å². The Morgan fingerprint density at radius 1 is 1.33 bits per heavy atom. The molecule has 4 nitrogen and oxygen atoms in total. The van der Waals surface area contributed by atoms with E-state index in [0.717, 1.165) is 12.8 Å². The molecule has 5 heteroatoms. The number of rotatable bonds is 7. The highest BCUT2D eigenvalue weighted by atomic mass is 35.5. The van der Waals surface area contributed by atoms with Crippen molar-refractivity contribution in [3.63, 3.8) is 0 Å². The summed E-state index contributed by atoms with van der Waals surface area (Å²) >= 11 is 6.08. The number of amides is 1. The van der Waals surface area contributed by atoms with Crippen LogP contribution in [0, 0.1) is 5.92 Å². The summed E-state index contributed by atoms with van der Waals surface area (Å²) in [6, 6.07) is 6.95. The predicted molar refractivity (Wildman–Crippen MR) is 83.4 cm³/mol. The maximum atomic E-state index is 12.6. The van der Waals surface area contributed by atoms with Gasteiger partial charge in [-0.25, -0.2) is 0 Å². The minimum absolute atomic E-state index is 0.148. The number of hydrogen-bond donors (Lipinski definition) is 0. The van der Waals surface area contributed by atoms with E-state index in [9.17, 15) is 9.59 Å². The highest BCUT2D eigenvalue weighted by molar-refractivity contribution is 6.33. The third-order valence-electron chi connectivity index (χ3n) is 3.27. The predicted octanol–water partition coefficient (Wildman–Crippen LogP) is 3.39. The maximum absolute atomic E-state index is 12.6. The Labute approximate surface area is 131 Å². The molecule has 0 heterocycles. The Balaban J connectivity index is 2.89. The zero-order chi connectivity index (χ0) is 15.8. The highest BCUT2D eigenvalue weighted by Crippen LogP contribution is 2.18. The van der Waals surface area contributed by atoms with Crippen molar-refractivity contribution in [1.82, 2.24) is 4.90 Å². The molecule has 0 fully saturated rings. The lowest BCUT2D eigenvalue weighted by Crippen LogP contribution is -2.38. The van der Waals surface area contributed by atoms with E-state index >= 15 is 0 Å². The Kier molecular flexibility index (Phi) is 7.23. The first-order chi connectivity index (χ1) is 10.0. The average molecular weight is 312 g/mol. The van der Waals surface area contributed by atoms with E-state index in [4.69, 9.17) is 16.3 Å². The number of carbonyl (C=O) groups is 2. The third-order valence-corrected chi connectivity index (χ3v) is 3.60. The largest absolute Gasteiger partial charge is 0.469 e. The van der Waals surface area contributed by atoms with Crippen molar-refractivity contribution in [1.29, 1.82) is 0 Å². The molecule has 21 heavy (non-hydrogen) atoms. The Bertz CT molecular complexity index is 490. The topological polar surface area (TPSA) is 46.6 Å². The zero-order valence-corrected chi connectivity index (χ0v) is 13.5. The first-order valence-corrected chi connectivity index (χ1v) is 7.50. The summed E-state index contributed by atoms with van der Waals surface area (Å²) in [7, 11) is 1.35. The molecule has 1 atom stereocenters. The lowest BCUT2D eigenvalue weighted by molar-refractivity contribution is -0.145. The van der Waals surface area contributed by atoms with Gasteiger partial charge in [-0.05, 0) is 18.6 Å². The summed E-state index contributed by atoms with van der Waals surface area (Å²) in [5.74, 6) is -0.827. The van der Waals surface area contributed by atoms with Gasteiger partial charge in [-0.15, -0.1) is 0 Å². The van der Waals surface area contributed by atoms with E-state index in [1.807, 2.05) is 0 Å². The first kappa shape index (κ1) is 17.5. The SMILES string of the molecule is CCCCN(CC(C)C(=O)OC)C(=O)c1ccccc1Cl. The molecule has 1 aromatic carbocycles. The monoisotopic (exact) mass is 311 g/mol. The van der Waals surface area contributed by atoms with Crippen LogP contribution in [-0.4, -0.2) is 37.0 Å². The summed E-state index contributed by atoms with van der Waals surface area (Å²) < 4.78 is 4.72. The molecular formula is C16H22ClNO3. The summed E-state index contributed by atoms with van der Waals surface area (Å²) in [5, 5.41) is 0.426. The van der Waals surface area contributed by atoms with Gasteiger partial charge in [0.15, 0.2) is 0 Å². The van der Waals surface area contributed by atoms with Crippen molar-refractivity contribution in [2.75, 3.05) is 20.2 Å². The number of unbranched alkanes of at least 4 members (excludes halogenated alkanes) is 1. The molecule has 0 saturated heterocycles. The van der Waals surface area contributed by atoms with Crippen molar-refractivity contribution in [2.45, 2.75) is 26.7 Å². The quantitative estimate of drug-likeness (QED) is 0.725.